The zero-order chi connectivity index (χ0) is 14.4. The first-order valence-electron chi connectivity index (χ1n) is 6.43. The molecule has 3 N–H and O–H groups in total. The summed E-state index contributed by atoms with van der Waals surface area (Å²) >= 11 is 1.21. The molecule has 0 amide bonds. The van der Waals surface area contributed by atoms with Crippen LogP contribution in [0, 0.1) is 0 Å². The van der Waals surface area contributed by atoms with Gasteiger partial charge in [0.15, 0.2) is 0 Å². The molecule has 2 aromatic rings. The quantitative estimate of drug-likeness (QED) is 0.769. The molecule has 0 saturated carbocycles. The van der Waals surface area contributed by atoms with E-state index in [1.165, 1.54) is 16.9 Å². The average Bonchev–Trinajstić information content (AvgIpc) is 2.95. The normalized spacial score (nSPS) is 11.7. The second kappa shape index (κ2) is 6.99. The Hall–Kier alpha value is -1.21. The molecular formula is C14H18N2O2S2. The Morgan fingerprint density at radius 1 is 1.15 bits per heavy atom. The van der Waals surface area contributed by atoms with Gasteiger partial charge in [-0.1, -0.05) is 30.3 Å². The first kappa shape index (κ1) is 15.2. The standard InChI is InChI=1S/C14H18N2O2S2/c15-10-13-9-14(19-11-13)20(17,18)16-8-4-7-12-5-2-1-3-6-12/h1-3,5-6,9,11,16H,4,7-8,10,15H2. The summed E-state index contributed by atoms with van der Waals surface area (Å²) in [6, 6.07) is 11.7. The second-order valence-electron chi connectivity index (χ2n) is 4.47. The highest BCUT2D eigenvalue weighted by molar-refractivity contribution is 7.91. The van der Waals surface area contributed by atoms with E-state index in [-0.39, 0.29) is 0 Å². The van der Waals surface area contributed by atoms with Gasteiger partial charge in [-0.25, -0.2) is 13.1 Å². The maximum Gasteiger partial charge on any atom is 0.250 e. The van der Waals surface area contributed by atoms with E-state index in [0.29, 0.717) is 17.3 Å². The number of rotatable bonds is 7. The largest absolute Gasteiger partial charge is 0.326 e. The van der Waals surface area contributed by atoms with Gasteiger partial charge in [-0.15, -0.1) is 11.3 Å². The molecule has 0 aliphatic carbocycles. The highest BCUT2D eigenvalue weighted by Gasteiger charge is 2.15. The monoisotopic (exact) mass is 310 g/mol. The summed E-state index contributed by atoms with van der Waals surface area (Å²) in [6.45, 7) is 0.799. The SMILES string of the molecule is NCc1csc(S(=O)(=O)NCCCc2ccccc2)c1. The van der Waals surface area contributed by atoms with E-state index in [4.69, 9.17) is 5.73 Å². The summed E-state index contributed by atoms with van der Waals surface area (Å²) in [4.78, 5) is 0. The van der Waals surface area contributed by atoms with Gasteiger partial charge in [0, 0.05) is 13.1 Å². The lowest BCUT2D eigenvalue weighted by molar-refractivity contribution is 0.581. The summed E-state index contributed by atoms with van der Waals surface area (Å²) in [5.41, 5.74) is 7.55. The molecule has 0 bridgehead atoms. The van der Waals surface area contributed by atoms with Gasteiger partial charge >= 0.3 is 0 Å². The minimum atomic E-state index is -3.39. The minimum Gasteiger partial charge on any atom is -0.326 e. The zero-order valence-corrected chi connectivity index (χ0v) is 12.7. The topological polar surface area (TPSA) is 72.2 Å². The van der Waals surface area contributed by atoms with Crippen molar-refractivity contribution in [2.45, 2.75) is 23.6 Å². The maximum atomic E-state index is 12.0. The fraction of sp³-hybridized carbons (Fsp3) is 0.286. The van der Waals surface area contributed by atoms with Gasteiger partial charge < -0.3 is 5.73 Å². The van der Waals surface area contributed by atoms with Crippen molar-refractivity contribution < 1.29 is 8.42 Å². The van der Waals surface area contributed by atoms with Crippen molar-refractivity contribution in [3.05, 3.63) is 52.9 Å². The molecule has 0 aliphatic rings. The van der Waals surface area contributed by atoms with Crippen molar-refractivity contribution in [3.63, 3.8) is 0 Å². The fourth-order valence-electron chi connectivity index (χ4n) is 1.82. The zero-order valence-electron chi connectivity index (χ0n) is 11.1. The highest BCUT2D eigenvalue weighted by atomic mass is 32.2. The van der Waals surface area contributed by atoms with Crippen molar-refractivity contribution >= 4 is 21.4 Å². The van der Waals surface area contributed by atoms with E-state index in [2.05, 4.69) is 4.72 Å². The van der Waals surface area contributed by atoms with Crippen LogP contribution < -0.4 is 10.5 Å². The van der Waals surface area contributed by atoms with Crippen LogP contribution in [0.4, 0.5) is 0 Å². The maximum absolute atomic E-state index is 12.0. The Kier molecular flexibility index (Phi) is 5.31. The van der Waals surface area contributed by atoms with Crippen LogP contribution in [0.15, 0.2) is 46.0 Å². The van der Waals surface area contributed by atoms with Crippen molar-refractivity contribution in [1.29, 1.82) is 0 Å². The lowest BCUT2D eigenvalue weighted by Gasteiger charge is -2.04. The first-order valence-corrected chi connectivity index (χ1v) is 8.79. The van der Waals surface area contributed by atoms with Gasteiger partial charge in [-0.05, 0) is 35.4 Å². The molecule has 1 heterocycles. The summed E-state index contributed by atoms with van der Waals surface area (Å²) in [6.07, 6.45) is 1.64. The van der Waals surface area contributed by atoms with Crippen LogP contribution in [0.1, 0.15) is 17.5 Å². The molecule has 0 fully saturated rings. The molecule has 1 aromatic carbocycles. The van der Waals surface area contributed by atoms with Crippen LogP contribution in [0.5, 0.6) is 0 Å². The van der Waals surface area contributed by atoms with E-state index < -0.39 is 10.0 Å². The van der Waals surface area contributed by atoms with Crippen LogP contribution >= 0.6 is 11.3 Å². The van der Waals surface area contributed by atoms with Gasteiger partial charge in [0.25, 0.3) is 0 Å². The number of hydrogen-bond donors (Lipinski definition) is 2. The number of nitrogens with two attached hydrogens (primary N) is 1. The molecule has 2 rings (SSSR count). The van der Waals surface area contributed by atoms with Gasteiger partial charge in [-0.3, -0.25) is 0 Å². The van der Waals surface area contributed by atoms with Gasteiger partial charge in [-0.2, -0.15) is 0 Å². The first-order chi connectivity index (χ1) is 9.62. The van der Waals surface area contributed by atoms with E-state index >= 15 is 0 Å². The minimum absolute atomic E-state index is 0.331. The summed E-state index contributed by atoms with van der Waals surface area (Å²) in [5.74, 6) is 0. The number of nitrogens with one attached hydrogen (secondary N) is 1. The molecule has 6 heteroatoms. The van der Waals surface area contributed by atoms with Crippen LogP contribution in [0.25, 0.3) is 0 Å². The smallest absolute Gasteiger partial charge is 0.250 e. The summed E-state index contributed by atoms with van der Waals surface area (Å²) < 4.78 is 27.0. The molecule has 0 spiro atoms. The third-order valence-corrected chi connectivity index (χ3v) is 5.86. The van der Waals surface area contributed by atoms with Crippen LogP contribution in [-0.4, -0.2) is 15.0 Å². The van der Waals surface area contributed by atoms with Crippen molar-refractivity contribution in [2.75, 3.05) is 6.54 Å². The van der Waals surface area contributed by atoms with E-state index in [9.17, 15) is 8.42 Å². The lowest BCUT2D eigenvalue weighted by Crippen LogP contribution is -2.24. The Morgan fingerprint density at radius 2 is 1.90 bits per heavy atom. The molecule has 0 radical (unpaired) electrons. The van der Waals surface area contributed by atoms with Crippen molar-refractivity contribution in [3.8, 4) is 0 Å². The Labute approximate surface area is 123 Å². The lowest BCUT2D eigenvalue weighted by atomic mass is 10.1. The highest BCUT2D eigenvalue weighted by Crippen LogP contribution is 2.19. The number of hydrogen-bond acceptors (Lipinski definition) is 4. The van der Waals surface area contributed by atoms with Gasteiger partial charge in [0.1, 0.15) is 4.21 Å². The van der Waals surface area contributed by atoms with Crippen LogP contribution in [-0.2, 0) is 23.0 Å². The van der Waals surface area contributed by atoms with Crippen molar-refractivity contribution in [1.82, 2.24) is 4.72 Å². The second-order valence-corrected chi connectivity index (χ2v) is 7.37. The van der Waals surface area contributed by atoms with Crippen LogP contribution in [0.2, 0.25) is 0 Å². The molecule has 20 heavy (non-hydrogen) atoms. The molecule has 0 saturated heterocycles. The molecule has 4 nitrogen and oxygen atoms in total. The number of sulfonamides is 1. The average molecular weight is 310 g/mol. The van der Waals surface area contributed by atoms with E-state index in [1.54, 1.807) is 11.4 Å². The summed E-state index contributed by atoms with van der Waals surface area (Å²) in [7, 11) is -3.39. The molecule has 0 atom stereocenters. The molecule has 0 aliphatic heterocycles. The van der Waals surface area contributed by atoms with Crippen molar-refractivity contribution in [2.24, 2.45) is 5.73 Å². The molecule has 1 aromatic heterocycles. The molecule has 0 unspecified atom stereocenters. The third-order valence-electron chi connectivity index (χ3n) is 2.91. The van der Waals surface area contributed by atoms with E-state index in [0.717, 1.165) is 18.4 Å². The summed E-state index contributed by atoms with van der Waals surface area (Å²) in [5, 5.41) is 1.78. The van der Waals surface area contributed by atoms with E-state index in [1.807, 2.05) is 30.3 Å². The number of aryl methyl sites for hydroxylation is 1. The molecule has 108 valence electrons. The van der Waals surface area contributed by atoms with Gasteiger partial charge in [0.05, 0.1) is 0 Å². The Morgan fingerprint density at radius 3 is 2.55 bits per heavy atom. The predicted octanol–water partition coefficient (Wildman–Crippen LogP) is 2.12. The number of thiophene rings is 1. The third kappa shape index (κ3) is 4.14. The molecular weight excluding hydrogens is 292 g/mol. The Balaban J connectivity index is 1.84. The van der Waals surface area contributed by atoms with Gasteiger partial charge in [0.2, 0.25) is 10.0 Å². The predicted molar refractivity (Wildman–Crippen MR) is 82.2 cm³/mol. The van der Waals surface area contributed by atoms with Crippen LogP contribution in [0.3, 0.4) is 0 Å². The fourth-order valence-corrected chi connectivity index (χ4v) is 4.16. The number of benzene rings is 1. The Bertz CT molecular complexity index is 636.